The summed E-state index contributed by atoms with van der Waals surface area (Å²) in [6.45, 7) is 1.00. The highest BCUT2D eigenvalue weighted by Gasteiger charge is 2.34. The third-order valence-electron chi connectivity index (χ3n) is 4.79. The summed E-state index contributed by atoms with van der Waals surface area (Å²) in [5.74, 6) is 0.777. The van der Waals surface area contributed by atoms with Crippen molar-refractivity contribution >= 4 is 5.91 Å². The van der Waals surface area contributed by atoms with E-state index in [1.165, 1.54) is 0 Å². The summed E-state index contributed by atoms with van der Waals surface area (Å²) in [4.78, 5) is 19.3. The van der Waals surface area contributed by atoms with Gasteiger partial charge in [0.05, 0.1) is 37.3 Å². The van der Waals surface area contributed by atoms with Crippen LogP contribution in [0.4, 0.5) is 0 Å². The van der Waals surface area contributed by atoms with Crippen molar-refractivity contribution in [3.05, 3.63) is 83.4 Å². The normalized spacial score (nSPS) is 15.9. The number of hydrogen-bond acceptors (Lipinski definition) is 4. The van der Waals surface area contributed by atoms with Gasteiger partial charge in [0.2, 0.25) is 0 Å². The number of carbonyl (C=O) groups excluding carboxylic acids is 1. The summed E-state index contributed by atoms with van der Waals surface area (Å²) in [6, 6.07) is 16.5. The molecule has 0 aliphatic carbocycles. The molecule has 1 aromatic heterocycles. The first-order chi connectivity index (χ1) is 13.2. The first-order valence-corrected chi connectivity index (χ1v) is 8.62. The number of ether oxygens (including phenoxy) is 1. The average Bonchev–Trinajstić information content (AvgIpc) is 3.17. The standard InChI is InChI=1S/C21H18N4O2/c1-27-19-7-5-15(6-8-19)12-24-13-18-11-23-14-25(18)20(21(24)26)17-4-2-3-16(9-17)10-22/h2-9,11,14,20H,12-13H2,1H3. The second-order valence-electron chi connectivity index (χ2n) is 6.47. The summed E-state index contributed by atoms with van der Waals surface area (Å²) in [5, 5.41) is 9.20. The van der Waals surface area contributed by atoms with Gasteiger partial charge in [0.25, 0.3) is 5.91 Å². The van der Waals surface area contributed by atoms with Crippen LogP contribution in [0, 0.1) is 11.3 Å². The zero-order chi connectivity index (χ0) is 18.8. The van der Waals surface area contributed by atoms with E-state index in [-0.39, 0.29) is 5.91 Å². The lowest BCUT2D eigenvalue weighted by Gasteiger charge is -2.34. The van der Waals surface area contributed by atoms with Crippen LogP contribution in [0.25, 0.3) is 0 Å². The van der Waals surface area contributed by atoms with E-state index in [0.29, 0.717) is 18.7 Å². The number of imidazole rings is 1. The Morgan fingerprint density at radius 2 is 2.07 bits per heavy atom. The lowest BCUT2D eigenvalue weighted by atomic mass is 10.00. The monoisotopic (exact) mass is 358 g/mol. The molecule has 134 valence electrons. The van der Waals surface area contributed by atoms with Gasteiger partial charge >= 0.3 is 0 Å². The Morgan fingerprint density at radius 1 is 1.26 bits per heavy atom. The van der Waals surface area contributed by atoms with Crippen molar-refractivity contribution in [2.75, 3.05) is 7.11 Å². The second kappa shape index (κ2) is 6.96. The number of amides is 1. The van der Waals surface area contributed by atoms with Crippen LogP contribution >= 0.6 is 0 Å². The number of nitriles is 1. The Hall–Kier alpha value is -3.59. The first-order valence-electron chi connectivity index (χ1n) is 8.62. The molecule has 1 aliphatic heterocycles. The van der Waals surface area contributed by atoms with Crippen LogP contribution in [-0.2, 0) is 17.9 Å². The fourth-order valence-electron chi connectivity index (χ4n) is 3.42. The van der Waals surface area contributed by atoms with E-state index in [2.05, 4.69) is 11.1 Å². The van der Waals surface area contributed by atoms with Gasteiger partial charge in [0.15, 0.2) is 0 Å². The minimum Gasteiger partial charge on any atom is -0.497 e. The van der Waals surface area contributed by atoms with Crippen LogP contribution < -0.4 is 4.74 Å². The molecule has 1 amide bonds. The molecule has 0 saturated carbocycles. The lowest BCUT2D eigenvalue weighted by molar-refractivity contribution is -0.136. The summed E-state index contributed by atoms with van der Waals surface area (Å²) in [6.07, 6.45) is 3.47. The number of methoxy groups -OCH3 is 1. The summed E-state index contributed by atoms with van der Waals surface area (Å²) < 4.78 is 7.09. The molecule has 27 heavy (non-hydrogen) atoms. The maximum atomic E-state index is 13.3. The van der Waals surface area contributed by atoms with Crippen molar-refractivity contribution < 1.29 is 9.53 Å². The smallest absolute Gasteiger partial charge is 0.250 e. The fourth-order valence-corrected chi connectivity index (χ4v) is 3.42. The molecule has 0 radical (unpaired) electrons. The zero-order valence-corrected chi connectivity index (χ0v) is 14.9. The molecule has 0 spiro atoms. The van der Waals surface area contributed by atoms with Gasteiger partial charge in [-0.2, -0.15) is 5.26 Å². The van der Waals surface area contributed by atoms with Crippen molar-refractivity contribution in [1.82, 2.24) is 14.5 Å². The van der Waals surface area contributed by atoms with E-state index in [9.17, 15) is 10.1 Å². The third kappa shape index (κ3) is 3.15. The maximum Gasteiger partial charge on any atom is 0.250 e. The number of rotatable bonds is 4. The maximum absolute atomic E-state index is 13.3. The largest absolute Gasteiger partial charge is 0.497 e. The molecule has 6 nitrogen and oxygen atoms in total. The van der Waals surface area contributed by atoms with Gasteiger partial charge in [0, 0.05) is 12.7 Å². The highest BCUT2D eigenvalue weighted by atomic mass is 16.5. The predicted molar refractivity (Wildman–Crippen MR) is 98.8 cm³/mol. The van der Waals surface area contributed by atoms with Crippen molar-refractivity contribution in [3.8, 4) is 11.8 Å². The highest BCUT2D eigenvalue weighted by Crippen LogP contribution is 2.30. The summed E-state index contributed by atoms with van der Waals surface area (Å²) in [7, 11) is 1.63. The van der Waals surface area contributed by atoms with E-state index in [1.807, 2.05) is 39.8 Å². The van der Waals surface area contributed by atoms with Gasteiger partial charge < -0.3 is 14.2 Å². The predicted octanol–water partition coefficient (Wildman–Crippen LogP) is 2.90. The molecule has 3 aromatic rings. The molecule has 0 fully saturated rings. The molecule has 1 unspecified atom stereocenters. The summed E-state index contributed by atoms with van der Waals surface area (Å²) in [5.41, 5.74) is 3.32. The molecule has 1 atom stereocenters. The number of nitrogens with zero attached hydrogens (tertiary/aromatic N) is 4. The van der Waals surface area contributed by atoms with Crippen LogP contribution in [0.3, 0.4) is 0 Å². The molecule has 2 aromatic carbocycles. The number of aromatic nitrogens is 2. The third-order valence-corrected chi connectivity index (χ3v) is 4.79. The van der Waals surface area contributed by atoms with E-state index >= 15 is 0 Å². The molecular weight excluding hydrogens is 340 g/mol. The first kappa shape index (κ1) is 16.9. The number of carbonyl (C=O) groups is 1. The average molecular weight is 358 g/mol. The number of hydrogen-bond donors (Lipinski definition) is 0. The van der Waals surface area contributed by atoms with Crippen LogP contribution in [0.1, 0.15) is 28.4 Å². The Bertz CT molecular complexity index is 1020. The van der Waals surface area contributed by atoms with Gasteiger partial charge in [-0.25, -0.2) is 4.98 Å². The zero-order valence-electron chi connectivity index (χ0n) is 14.9. The van der Waals surface area contributed by atoms with Crippen LogP contribution in [-0.4, -0.2) is 27.5 Å². The second-order valence-corrected chi connectivity index (χ2v) is 6.47. The molecular formula is C21H18N4O2. The Labute approximate surface area is 157 Å². The van der Waals surface area contributed by atoms with E-state index in [1.54, 1.807) is 37.8 Å². The van der Waals surface area contributed by atoms with Gasteiger partial charge in [0.1, 0.15) is 11.8 Å². The summed E-state index contributed by atoms with van der Waals surface area (Å²) >= 11 is 0. The van der Waals surface area contributed by atoms with Gasteiger partial charge in [-0.3, -0.25) is 4.79 Å². The van der Waals surface area contributed by atoms with Gasteiger partial charge in [-0.1, -0.05) is 24.3 Å². The van der Waals surface area contributed by atoms with Crippen molar-refractivity contribution in [3.63, 3.8) is 0 Å². The Kier molecular flexibility index (Phi) is 4.35. The molecule has 6 heteroatoms. The lowest BCUT2D eigenvalue weighted by Crippen LogP contribution is -2.42. The van der Waals surface area contributed by atoms with Crippen LogP contribution in [0.2, 0.25) is 0 Å². The Morgan fingerprint density at radius 3 is 2.81 bits per heavy atom. The quantitative estimate of drug-likeness (QED) is 0.719. The number of fused-ring (bicyclic) bond motifs is 1. The fraction of sp³-hybridized carbons (Fsp3) is 0.190. The van der Waals surface area contributed by atoms with Crippen molar-refractivity contribution in [2.24, 2.45) is 0 Å². The minimum atomic E-state index is -0.511. The molecule has 1 aliphatic rings. The van der Waals surface area contributed by atoms with Gasteiger partial charge in [-0.05, 0) is 35.4 Å². The minimum absolute atomic E-state index is 0.00796. The van der Waals surface area contributed by atoms with E-state index < -0.39 is 6.04 Å². The van der Waals surface area contributed by atoms with Crippen molar-refractivity contribution in [1.29, 1.82) is 5.26 Å². The van der Waals surface area contributed by atoms with E-state index in [0.717, 1.165) is 22.6 Å². The Balaban J connectivity index is 1.67. The van der Waals surface area contributed by atoms with Crippen LogP contribution in [0.15, 0.2) is 61.1 Å². The van der Waals surface area contributed by atoms with E-state index in [4.69, 9.17) is 4.74 Å². The molecule has 0 bridgehead atoms. The molecule has 0 saturated heterocycles. The topological polar surface area (TPSA) is 71.2 Å². The molecule has 4 rings (SSSR count). The number of benzene rings is 2. The highest BCUT2D eigenvalue weighted by molar-refractivity contribution is 5.85. The SMILES string of the molecule is COc1ccc(CN2Cc3cncn3C(c3cccc(C#N)c3)C2=O)cc1. The molecule has 0 N–H and O–H groups in total. The molecule has 2 heterocycles. The van der Waals surface area contributed by atoms with Crippen LogP contribution in [0.5, 0.6) is 5.75 Å². The van der Waals surface area contributed by atoms with Crippen molar-refractivity contribution in [2.45, 2.75) is 19.1 Å². The van der Waals surface area contributed by atoms with Gasteiger partial charge in [-0.15, -0.1) is 0 Å².